The lowest BCUT2D eigenvalue weighted by Gasteiger charge is -2.12. The molecule has 0 radical (unpaired) electrons. The highest BCUT2D eigenvalue weighted by Gasteiger charge is 2.24. The van der Waals surface area contributed by atoms with Crippen LogP contribution < -0.4 is 10.6 Å². The zero-order valence-electron chi connectivity index (χ0n) is 17.2. The van der Waals surface area contributed by atoms with Gasteiger partial charge in [-0.1, -0.05) is 6.07 Å². The third-order valence-corrected chi connectivity index (χ3v) is 4.70. The maximum absolute atomic E-state index is 11.9. The second-order valence-electron chi connectivity index (χ2n) is 6.82. The van der Waals surface area contributed by atoms with E-state index in [-0.39, 0.29) is 17.3 Å². The molecule has 32 heavy (non-hydrogen) atoms. The number of rotatable bonds is 6. The van der Waals surface area contributed by atoms with E-state index in [1.165, 1.54) is 13.4 Å². The van der Waals surface area contributed by atoms with Crippen LogP contribution in [0.15, 0.2) is 60.9 Å². The summed E-state index contributed by atoms with van der Waals surface area (Å²) in [6, 6.07) is 15.5. The number of benzene rings is 2. The van der Waals surface area contributed by atoms with Gasteiger partial charge in [-0.3, -0.25) is 15.1 Å². The number of fused-ring (bicyclic) bond motifs is 1. The van der Waals surface area contributed by atoms with E-state index >= 15 is 0 Å². The third-order valence-electron chi connectivity index (χ3n) is 4.70. The van der Waals surface area contributed by atoms with Crippen LogP contribution in [0, 0.1) is 17.0 Å². The first kappa shape index (κ1) is 20.7. The van der Waals surface area contributed by atoms with Crippen molar-refractivity contribution in [1.82, 2.24) is 15.0 Å². The molecule has 2 aromatic carbocycles. The van der Waals surface area contributed by atoms with Gasteiger partial charge in [0.1, 0.15) is 6.33 Å². The molecule has 0 amide bonds. The van der Waals surface area contributed by atoms with Crippen molar-refractivity contribution in [2.24, 2.45) is 0 Å². The summed E-state index contributed by atoms with van der Waals surface area (Å²) in [6.07, 6.45) is 1.23. The Bertz CT molecular complexity index is 1320. The van der Waals surface area contributed by atoms with E-state index in [2.05, 4.69) is 30.3 Å². The molecule has 4 rings (SSSR count). The predicted molar refractivity (Wildman–Crippen MR) is 120 cm³/mol. The minimum atomic E-state index is -0.555. The smallest absolute Gasteiger partial charge is 0.353 e. The highest BCUT2D eigenvalue weighted by molar-refractivity contribution is 5.94. The molecule has 0 saturated carbocycles. The average molecular weight is 430 g/mol. The van der Waals surface area contributed by atoms with Crippen LogP contribution >= 0.6 is 0 Å². The molecule has 0 fully saturated rings. The van der Waals surface area contributed by atoms with Crippen molar-refractivity contribution in [3.8, 4) is 0 Å². The molecule has 160 valence electrons. The lowest BCUT2D eigenvalue weighted by Crippen LogP contribution is -2.06. The Morgan fingerprint density at radius 1 is 1.00 bits per heavy atom. The van der Waals surface area contributed by atoms with Crippen LogP contribution in [0.4, 0.5) is 28.7 Å². The molecule has 2 aromatic heterocycles. The van der Waals surface area contributed by atoms with Gasteiger partial charge in [-0.15, -0.1) is 0 Å². The molecule has 0 spiro atoms. The van der Waals surface area contributed by atoms with Gasteiger partial charge >= 0.3 is 11.7 Å². The number of nitro groups is 1. The van der Waals surface area contributed by atoms with Crippen LogP contribution in [-0.4, -0.2) is 33.0 Å². The summed E-state index contributed by atoms with van der Waals surface area (Å²) in [6.45, 7) is 1.89. The Balaban J connectivity index is 1.69. The van der Waals surface area contributed by atoms with Crippen molar-refractivity contribution in [3.63, 3.8) is 0 Å². The molecular formula is C22H18N6O4. The quantitative estimate of drug-likeness (QED) is 0.257. The minimum Gasteiger partial charge on any atom is -0.465 e. The number of carbonyl (C=O) groups is 1. The largest absolute Gasteiger partial charge is 0.465 e. The van der Waals surface area contributed by atoms with Gasteiger partial charge in [-0.25, -0.2) is 14.8 Å². The number of nitrogens with one attached hydrogen (secondary N) is 2. The van der Waals surface area contributed by atoms with Crippen molar-refractivity contribution >= 4 is 45.6 Å². The molecule has 4 aromatic rings. The van der Waals surface area contributed by atoms with Crippen LogP contribution in [0.2, 0.25) is 0 Å². The standard InChI is InChI=1S/C22H18N6O4/c1-13-6-11-16-17(25-13)4-3-5-18(16)27-21-19(28(30)31)20(23-12-24-21)26-15-9-7-14(8-10-15)22(29)32-2/h3-12H,1-2H3,(H2,23,24,26,27). The van der Waals surface area contributed by atoms with E-state index in [1.807, 2.05) is 31.2 Å². The summed E-state index contributed by atoms with van der Waals surface area (Å²) in [7, 11) is 1.29. The molecular weight excluding hydrogens is 412 g/mol. The number of hydrogen-bond acceptors (Lipinski definition) is 9. The molecule has 0 atom stereocenters. The number of pyridine rings is 1. The maximum Gasteiger partial charge on any atom is 0.353 e. The fourth-order valence-electron chi connectivity index (χ4n) is 3.17. The lowest BCUT2D eigenvalue weighted by molar-refractivity contribution is -0.383. The van der Waals surface area contributed by atoms with Crippen LogP contribution in [0.1, 0.15) is 16.1 Å². The summed E-state index contributed by atoms with van der Waals surface area (Å²) < 4.78 is 4.67. The zero-order chi connectivity index (χ0) is 22.7. The molecule has 0 bridgehead atoms. The van der Waals surface area contributed by atoms with E-state index < -0.39 is 10.9 Å². The number of anilines is 4. The first-order chi connectivity index (χ1) is 15.5. The molecule has 0 aliphatic carbocycles. The van der Waals surface area contributed by atoms with Crippen LogP contribution in [0.5, 0.6) is 0 Å². The van der Waals surface area contributed by atoms with Gasteiger partial charge in [0.05, 0.1) is 23.1 Å². The van der Waals surface area contributed by atoms with E-state index in [1.54, 1.807) is 30.3 Å². The summed E-state index contributed by atoms with van der Waals surface area (Å²) in [4.78, 5) is 35.5. The number of nitrogens with zero attached hydrogens (tertiary/aromatic N) is 4. The van der Waals surface area contributed by atoms with E-state index in [0.717, 1.165) is 16.6 Å². The van der Waals surface area contributed by atoms with Crippen LogP contribution in [-0.2, 0) is 4.74 Å². The fourth-order valence-corrected chi connectivity index (χ4v) is 3.17. The molecule has 2 heterocycles. The van der Waals surface area contributed by atoms with E-state index in [0.29, 0.717) is 16.9 Å². The second-order valence-corrected chi connectivity index (χ2v) is 6.82. The molecule has 0 aliphatic heterocycles. The molecule has 0 saturated heterocycles. The van der Waals surface area contributed by atoms with E-state index in [9.17, 15) is 14.9 Å². The first-order valence-electron chi connectivity index (χ1n) is 9.54. The predicted octanol–water partition coefficient (Wildman–Crippen LogP) is 4.52. The maximum atomic E-state index is 11.9. The Hall–Kier alpha value is -4.60. The number of ether oxygens (including phenoxy) is 1. The van der Waals surface area contributed by atoms with Crippen molar-refractivity contribution in [2.75, 3.05) is 17.7 Å². The van der Waals surface area contributed by atoms with Gasteiger partial charge < -0.3 is 15.4 Å². The van der Waals surface area contributed by atoms with Crippen molar-refractivity contribution < 1.29 is 14.5 Å². The van der Waals surface area contributed by atoms with Gasteiger partial charge in [0, 0.05) is 22.5 Å². The van der Waals surface area contributed by atoms with Crippen molar-refractivity contribution in [2.45, 2.75) is 6.92 Å². The van der Waals surface area contributed by atoms with Crippen molar-refractivity contribution in [1.29, 1.82) is 0 Å². The first-order valence-corrected chi connectivity index (χ1v) is 9.54. The Kier molecular flexibility index (Phi) is 5.58. The fraction of sp³-hybridized carbons (Fsp3) is 0.0909. The summed E-state index contributed by atoms with van der Waals surface area (Å²) in [5.41, 5.74) is 2.81. The third kappa shape index (κ3) is 4.15. The Labute approximate surface area is 182 Å². The molecule has 10 heteroatoms. The Morgan fingerprint density at radius 3 is 2.41 bits per heavy atom. The number of esters is 1. The number of methoxy groups -OCH3 is 1. The Morgan fingerprint density at radius 2 is 1.72 bits per heavy atom. The molecule has 0 aliphatic rings. The van der Waals surface area contributed by atoms with Gasteiger partial charge in [-0.05, 0) is 55.5 Å². The molecule has 0 unspecified atom stereocenters. The van der Waals surface area contributed by atoms with Crippen LogP contribution in [0.25, 0.3) is 10.9 Å². The second kappa shape index (κ2) is 8.64. The van der Waals surface area contributed by atoms with Crippen molar-refractivity contribution in [3.05, 3.63) is 82.3 Å². The summed E-state index contributed by atoms with van der Waals surface area (Å²) in [5.74, 6) is -0.435. The summed E-state index contributed by atoms with van der Waals surface area (Å²) >= 11 is 0. The average Bonchev–Trinajstić information content (AvgIpc) is 2.79. The van der Waals surface area contributed by atoms with E-state index in [4.69, 9.17) is 0 Å². The monoisotopic (exact) mass is 430 g/mol. The van der Waals surface area contributed by atoms with Gasteiger partial charge in [0.2, 0.25) is 11.6 Å². The van der Waals surface area contributed by atoms with Gasteiger partial charge in [0.25, 0.3) is 0 Å². The van der Waals surface area contributed by atoms with Crippen LogP contribution in [0.3, 0.4) is 0 Å². The molecule has 2 N–H and O–H groups in total. The van der Waals surface area contributed by atoms with Gasteiger partial charge in [-0.2, -0.15) is 0 Å². The normalized spacial score (nSPS) is 10.6. The summed E-state index contributed by atoms with van der Waals surface area (Å²) in [5, 5.41) is 18.6. The number of aryl methyl sites for hydroxylation is 1. The minimum absolute atomic E-state index is 0.00697. The SMILES string of the molecule is COC(=O)c1ccc(Nc2ncnc(Nc3cccc4nc(C)ccc34)c2[N+](=O)[O-])cc1. The zero-order valence-corrected chi connectivity index (χ0v) is 17.2. The van der Waals surface area contributed by atoms with Gasteiger partial charge in [0.15, 0.2) is 0 Å². The number of hydrogen-bond donors (Lipinski definition) is 2. The number of aromatic nitrogens is 3. The topological polar surface area (TPSA) is 132 Å². The molecule has 10 nitrogen and oxygen atoms in total. The highest BCUT2D eigenvalue weighted by atomic mass is 16.6. The lowest BCUT2D eigenvalue weighted by atomic mass is 10.1. The number of carbonyl (C=O) groups excluding carboxylic acids is 1. The highest BCUT2D eigenvalue weighted by Crippen LogP contribution is 2.34.